The third kappa shape index (κ3) is 4.33. The molecule has 0 aliphatic carbocycles. The molecule has 2 heterocycles. The Hall–Kier alpha value is -3.52. The molecule has 2 amide bonds. The van der Waals surface area contributed by atoms with Gasteiger partial charge in [-0.2, -0.15) is 0 Å². The van der Waals surface area contributed by atoms with E-state index in [2.05, 4.69) is 25.8 Å². The van der Waals surface area contributed by atoms with Crippen molar-refractivity contribution in [3.63, 3.8) is 0 Å². The highest BCUT2D eigenvalue weighted by molar-refractivity contribution is 7.17. The molecule has 4 rings (SSSR count). The molecule has 0 spiro atoms. The maximum atomic E-state index is 12.4. The number of hydrogen-bond donors (Lipinski definition) is 3. The molecule has 0 unspecified atom stereocenters. The van der Waals surface area contributed by atoms with Gasteiger partial charge in [-0.1, -0.05) is 42.5 Å². The molecule has 29 heavy (non-hydrogen) atoms. The largest absolute Gasteiger partial charge is 0.342 e. The third-order valence-electron chi connectivity index (χ3n) is 4.37. The maximum absolute atomic E-state index is 12.4. The molecule has 8 heteroatoms. The molecule has 0 aliphatic heterocycles. The second kappa shape index (κ2) is 8.24. The zero-order chi connectivity index (χ0) is 20.2. The van der Waals surface area contributed by atoms with Gasteiger partial charge in [-0.15, -0.1) is 11.3 Å². The normalized spacial score (nSPS) is 10.8. The second-order valence-electron chi connectivity index (χ2n) is 6.50. The van der Waals surface area contributed by atoms with Gasteiger partial charge in [0.15, 0.2) is 0 Å². The lowest BCUT2D eigenvalue weighted by atomic mass is 10.2. The number of rotatable bonds is 5. The van der Waals surface area contributed by atoms with E-state index in [4.69, 9.17) is 0 Å². The molecule has 0 bridgehead atoms. The van der Waals surface area contributed by atoms with Crippen LogP contribution < -0.4 is 10.9 Å². The number of carbonyl (C=O) groups is 2. The zero-order valence-corrected chi connectivity index (χ0v) is 16.5. The summed E-state index contributed by atoms with van der Waals surface area (Å²) in [6, 6.07) is 17.4. The summed E-state index contributed by atoms with van der Waals surface area (Å²) in [7, 11) is 0. The summed E-state index contributed by atoms with van der Waals surface area (Å²) in [5, 5.41) is 0.768. The Kier molecular flexibility index (Phi) is 5.35. The SMILES string of the molecule is Cc1nc(-c2ccccc2)sc1C(=O)NNC(=O)CCc1nc2ccccc2[nH]1. The van der Waals surface area contributed by atoms with E-state index in [1.165, 1.54) is 11.3 Å². The number of aromatic nitrogens is 3. The van der Waals surface area contributed by atoms with Gasteiger partial charge >= 0.3 is 0 Å². The molecule has 4 aromatic rings. The van der Waals surface area contributed by atoms with E-state index in [-0.39, 0.29) is 18.2 Å². The molecule has 2 aromatic carbocycles. The summed E-state index contributed by atoms with van der Waals surface area (Å²) in [5.74, 6) is 0.0713. The lowest BCUT2D eigenvalue weighted by Crippen LogP contribution is -2.41. The minimum Gasteiger partial charge on any atom is -0.342 e. The topological polar surface area (TPSA) is 99.8 Å². The van der Waals surface area contributed by atoms with E-state index in [0.29, 0.717) is 17.0 Å². The first kappa shape index (κ1) is 18.8. The molecule has 0 atom stereocenters. The highest BCUT2D eigenvalue weighted by Crippen LogP contribution is 2.27. The number of para-hydroxylation sites is 2. The minimum absolute atomic E-state index is 0.205. The first-order chi connectivity index (χ1) is 14.1. The summed E-state index contributed by atoms with van der Waals surface area (Å²) in [4.78, 5) is 37.1. The number of imidazole rings is 1. The van der Waals surface area contributed by atoms with Crippen LogP contribution in [0.1, 0.15) is 27.6 Å². The van der Waals surface area contributed by atoms with Gasteiger partial charge in [-0.05, 0) is 19.1 Å². The van der Waals surface area contributed by atoms with Gasteiger partial charge in [-0.3, -0.25) is 20.4 Å². The molecule has 0 radical (unpaired) electrons. The van der Waals surface area contributed by atoms with Crippen LogP contribution in [0.4, 0.5) is 0 Å². The van der Waals surface area contributed by atoms with Crippen molar-refractivity contribution in [2.24, 2.45) is 0 Å². The maximum Gasteiger partial charge on any atom is 0.281 e. The highest BCUT2D eigenvalue weighted by atomic mass is 32.1. The number of aryl methyl sites for hydroxylation is 2. The van der Waals surface area contributed by atoms with Crippen molar-refractivity contribution < 1.29 is 9.59 Å². The van der Waals surface area contributed by atoms with Crippen molar-refractivity contribution >= 4 is 34.2 Å². The van der Waals surface area contributed by atoms with Crippen molar-refractivity contribution in [2.45, 2.75) is 19.8 Å². The van der Waals surface area contributed by atoms with E-state index in [9.17, 15) is 9.59 Å². The minimum atomic E-state index is -0.376. The first-order valence-corrected chi connectivity index (χ1v) is 9.97. The van der Waals surface area contributed by atoms with E-state index >= 15 is 0 Å². The number of nitrogens with zero attached hydrogens (tertiary/aromatic N) is 2. The van der Waals surface area contributed by atoms with E-state index < -0.39 is 0 Å². The van der Waals surface area contributed by atoms with Crippen molar-refractivity contribution in [1.29, 1.82) is 0 Å². The van der Waals surface area contributed by atoms with E-state index in [1.807, 2.05) is 54.6 Å². The number of thiazole rings is 1. The quantitative estimate of drug-likeness (QED) is 0.443. The number of H-pyrrole nitrogens is 1. The molecule has 0 fully saturated rings. The molecular weight excluding hydrogens is 386 g/mol. The molecule has 2 aromatic heterocycles. The van der Waals surface area contributed by atoms with Crippen molar-refractivity contribution in [3.8, 4) is 10.6 Å². The van der Waals surface area contributed by atoms with Gasteiger partial charge in [0.25, 0.3) is 5.91 Å². The molecule has 146 valence electrons. The van der Waals surface area contributed by atoms with Crippen LogP contribution in [0.2, 0.25) is 0 Å². The van der Waals surface area contributed by atoms with Gasteiger partial charge in [0.1, 0.15) is 15.7 Å². The van der Waals surface area contributed by atoms with Gasteiger partial charge < -0.3 is 4.98 Å². The Labute approximate surface area is 171 Å². The number of benzene rings is 2. The third-order valence-corrected chi connectivity index (χ3v) is 5.57. The van der Waals surface area contributed by atoms with Gasteiger partial charge in [0.05, 0.1) is 16.7 Å². The molecule has 0 saturated heterocycles. The lowest BCUT2D eigenvalue weighted by Gasteiger charge is -2.05. The Morgan fingerprint density at radius 1 is 1.00 bits per heavy atom. The van der Waals surface area contributed by atoms with Crippen LogP contribution in [0.25, 0.3) is 21.6 Å². The van der Waals surface area contributed by atoms with Gasteiger partial charge in [0, 0.05) is 18.4 Å². The second-order valence-corrected chi connectivity index (χ2v) is 7.50. The number of hydrazine groups is 1. The predicted octanol–water partition coefficient (Wildman–Crippen LogP) is 3.39. The summed E-state index contributed by atoms with van der Waals surface area (Å²) in [5.41, 5.74) is 8.31. The number of fused-ring (bicyclic) bond motifs is 1. The molecule has 3 N–H and O–H groups in total. The fourth-order valence-electron chi connectivity index (χ4n) is 2.91. The van der Waals surface area contributed by atoms with Gasteiger partial charge in [-0.25, -0.2) is 9.97 Å². The van der Waals surface area contributed by atoms with E-state index in [0.717, 1.165) is 27.4 Å². The number of aromatic amines is 1. The average Bonchev–Trinajstić information content (AvgIpc) is 3.34. The molecule has 0 aliphatic rings. The highest BCUT2D eigenvalue weighted by Gasteiger charge is 2.17. The van der Waals surface area contributed by atoms with Crippen LogP contribution in [0.5, 0.6) is 0 Å². The predicted molar refractivity (Wildman–Crippen MR) is 112 cm³/mol. The van der Waals surface area contributed by atoms with E-state index in [1.54, 1.807) is 6.92 Å². The number of carbonyl (C=O) groups excluding carboxylic acids is 2. The van der Waals surface area contributed by atoms with Crippen LogP contribution in [-0.2, 0) is 11.2 Å². The van der Waals surface area contributed by atoms with Crippen LogP contribution >= 0.6 is 11.3 Å². The summed E-state index contributed by atoms with van der Waals surface area (Å²) in [6.45, 7) is 1.78. The average molecular weight is 405 g/mol. The Balaban J connectivity index is 1.32. The Morgan fingerprint density at radius 2 is 1.76 bits per heavy atom. The van der Waals surface area contributed by atoms with Gasteiger partial charge in [0.2, 0.25) is 5.91 Å². The fraction of sp³-hybridized carbons (Fsp3) is 0.143. The van der Waals surface area contributed by atoms with Crippen LogP contribution in [0, 0.1) is 6.92 Å². The standard InChI is InChI=1S/C21H19N5O2S/c1-13-19(29-21(22-13)14-7-3-2-4-8-14)20(28)26-25-18(27)12-11-17-23-15-9-5-6-10-16(15)24-17/h2-10H,11-12H2,1H3,(H,23,24)(H,25,27)(H,26,28). The summed E-state index contributed by atoms with van der Waals surface area (Å²) in [6.07, 6.45) is 0.658. The van der Waals surface area contributed by atoms with Crippen molar-refractivity contribution in [2.75, 3.05) is 0 Å². The summed E-state index contributed by atoms with van der Waals surface area (Å²) >= 11 is 1.30. The molecule has 0 saturated carbocycles. The Morgan fingerprint density at radius 3 is 2.55 bits per heavy atom. The number of hydrogen-bond acceptors (Lipinski definition) is 5. The van der Waals surface area contributed by atoms with Crippen LogP contribution in [0.15, 0.2) is 54.6 Å². The summed E-state index contributed by atoms with van der Waals surface area (Å²) < 4.78 is 0. The fourth-order valence-corrected chi connectivity index (χ4v) is 3.88. The smallest absolute Gasteiger partial charge is 0.281 e. The number of amides is 2. The number of nitrogens with one attached hydrogen (secondary N) is 3. The zero-order valence-electron chi connectivity index (χ0n) is 15.7. The van der Waals surface area contributed by atoms with Crippen molar-refractivity contribution in [1.82, 2.24) is 25.8 Å². The molecular formula is C21H19N5O2S. The monoisotopic (exact) mass is 405 g/mol. The Bertz CT molecular complexity index is 1130. The van der Waals surface area contributed by atoms with Crippen molar-refractivity contribution in [3.05, 3.63) is 71.0 Å². The lowest BCUT2D eigenvalue weighted by molar-refractivity contribution is -0.121. The van der Waals surface area contributed by atoms with Crippen LogP contribution in [0.3, 0.4) is 0 Å². The van der Waals surface area contributed by atoms with Crippen LogP contribution in [-0.4, -0.2) is 26.8 Å². The first-order valence-electron chi connectivity index (χ1n) is 9.16. The molecule has 7 nitrogen and oxygen atoms in total.